The zero-order valence-electron chi connectivity index (χ0n) is 12.0. The summed E-state index contributed by atoms with van der Waals surface area (Å²) in [4.78, 5) is 23.2. The summed E-state index contributed by atoms with van der Waals surface area (Å²) in [5, 5.41) is 19.5. The minimum atomic E-state index is -1.12. The number of hydrogen-bond donors (Lipinski definition) is 2. The lowest BCUT2D eigenvalue weighted by molar-refractivity contribution is -0.151. The van der Waals surface area contributed by atoms with Gasteiger partial charge in [0.2, 0.25) is 0 Å². The van der Waals surface area contributed by atoms with Gasteiger partial charge < -0.3 is 19.7 Å². The van der Waals surface area contributed by atoms with Gasteiger partial charge in [-0.3, -0.25) is 4.79 Å². The first kappa shape index (κ1) is 19.4. The van der Waals surface area contributed by atoms with Crippen LogP contribution in [-0.4, -0.2) is 41.5 Å². The van der Waals surface area contributed by atoms with Crippen molar-refractivity contribution in [2.45, 2.75) is 20.0 Å². The molecule has 1 aromatic carbocycles. The van der Waals surface area contributed by atoms with Crippen molar-refractivity contribution in [2.75, 3.05) is 13.2 Å². The van der Waals surface area contributed by atoms with Crippen LogP contribution in [0.3, 0.4) is 0 Å². The van der Waals surface area contributed by atoms with Crippen molar-refractivity contribution in [3.8, 4) is 5.75 Å². The van der Waals surface area contributed by atoms with E-state index in [1.165, 1.54) is 6.07 Å². The summed E-state index contributed by atoms with van der Waals surface area (Å²) in [6, 6.07) is 3.21. The van der Waals surface area contributed by atoms with E-state index in [1.807, 2.05) is 45.2 Å². The van der Waals surface area contributed by atoms with Gasteiger partial charge in [-0.15, -0.1) is 0 Å². The molecule has 0 saturated carbocycles. The molecule has 22 heavy (non-hydrogen) atoms. The van der Waals surface area contributed by atoms with Crippen molar-refractivity contribution >= 4 is 57.1 Å². The lowest BCUT2D eigenvalue weighted by atomic mass is 10.2. The Kier molecular flexibility index (Phi) is 7.83. The Balaban J connectivity index is 2.54. The Bertz CT molecular complexity index is 559. The molecule has 1 rings (SSSR count). The maximum Gasteiger partial charge on any atom is 0.342 e. The van der Waals surface area contributed by atoms with Crippen molar-refractivity contribution in [3.63, 3.8) is 0 Å². The third-order valence-electron chi connectivity index (χ3n) is 2.54. The van der Waals surface area contributed by atoms with E-state index >= 15 is 0 Å². The minimum absolute atomic E-state index is 0.0303. The molecule has 0 fully saturated rings. The molecule has 0 aliphatic carbocycles. The second kappa shape index (κ2) is 8.87. The van der Waals surface area contributed by atoms with Crippen LogP contribution in [0.2, 0.25) is 0 Å². The third kappa shape index (κ3) is 5.88. The van der Waals surface area contributed by atoms with Gasteiger partial charge in [0, 0.05) is 3.57 Å². The number of hydrogen-bond acceptors (Lipinski definition) is 6. The molecule has 0 bridgehead atoms. The maximum atomic E-state index is 11.9. The van der Waals surface area contributed by atoms with Crippen LogP contribution < -0.4 is 0 Å². The maximum absolute atomic E-state index is 11.9. The molecule has 6 nitrogen and oxygen atoms in total. The lowest BCUT2D eigenvalue weighted by Crippen LogP contribution is -2.26. The predicted molar refractivity (Wildman–Crippen MR) is 95.6 cm³/mol. The number of ether oxygens (including phenoxy) is 2. The van der Waals surface area contributed by atoms with Gasteiger partial charge in [0.1, 0.15) is 30.6 Å². The number of phenolic OH excluding ortho intramolecular Hbond substituents is 1. The van der Waals surface area contributed by atoms with Gasteiger partial charge in [0.05, 0.1) is 9.49 Å². The number of aliphatic hydroxyl groups is 1. The number of carbonyl (C=O) groups is 2. The monoisotopic (exact) mass is 534 g/mol. The first-order chi connectivity index (χ1) is 10.2. The smallest absolute Gasteiger partial charge is 0.342 e. The molecular weight excluding hydrogens is 518 g/mol. The van der Waals surface area contributed by atoms with Crippen LogP contribution in [0.15, 0.2) is 12.1 Å². The highest BCUT2D eigenvalue weighted by Gasteiger charge is 2.18. The number of esters is 2. The molecule has 0 aliphatic heterocycles. The summed E-state index contributed by atoms with van der Waals surface area (Å²) < 4.78 is 11.1. The molecule has 0 saturated heterocycles. The molecule has 1 aromatic rings. The average molecular weight is 534 g/mol. The second-order valence-corrected chi connectivity index (χ2v) is 7.23. The average Bonchev–Trinajstić information content (AvgIpc) is 2.45. The van der Waals surface area contributed by atoms with E-state index in [9.17, 15) is 19.8 Å². The SMILES string of the molecule is CC(C)C(=O)OCC(O)COC(=O)c1cc(I)cc(I)c1O. The van der Waals surface area contributed by atoms with E-state index in [1.54, 1.807) is 19.9 Å². The number of rotatable bonds is 6. The Labute approximate surface area is 155 Å². The summed E-state index contributed by atoms with van der Waals surface area (Å²) >= 11 is 3.93. The molecule has 1 unspecified atom stereocenters. The summed E-state index contributed by atoms with van der Waals surface area (Å²) in [6.45, 7) is 2.78. The highest BCUT2D eigenvalue weighted by Crippen LogP contribution is 2.27. The fourth-order valence-corrected chi connectivity index (χ4v) is 3.21. The molecule has 122 valence electrons. The van der Waals surface area contributed by atoms with Gasteiger partial charge in [-0.25, -0.2) is 4.79 Å². The molecule has 0 amide bonds. The van der Waals surface area contributed by atoms with Crippen molar-refractivity contribution in [1.82, 2.24) is 0 Å². The number of aromatic hydroxyl groups is 1. The highest BCUT2D eigenvalue weighted by atomic mass is 127. The number of phenols is 1. The Morgan fingerprint density at radius 3 is 2.36 bits per heavy atom. The van der Waals surface area contributed by atoms with E-state index in [4.69, 9.17) is 9.47 Å². The zero-order valence-corrected chi connectivity index (χ0v) is 16.3. The van der Waals surface area contributed by atoms with Crippen LogP contribution in [0.5, 0.6) is 5.75 Å². The van der Waals surface area contributed by atoms with Gasteiger partial charge in [-0.1, -0.05) is 13.8 Å². The Morgan fingerprint density at radius 2 is 1.77 bits per heavy atom. The third-order valence-corrected chi connectivity index (χ3v) is 3.99. The second-order valence-electron chi connectivity index (χ2n) is 4.82. The molecule has 8 heteroatoms. The summed E-state index contributed by atoms with van der Waals surface area (Å²) in [6.07, 6.45) is -1.12. The van der Waals surface area contributed by atoms with E-state index in [0.29, 0.717) is 3.57 Å². The van der Waals surface area contributed by atoms with E-state index in [-0.39, 0.29) is 30.4 Å². The van der Waals surface area contributed by atoms with E-state index in [2.05, 4.69) is 0 Å². The normalized spacial score (nSPS) is 12.1. The summed E-state index contributed by atoms with van der Waals surface area (Å²) in [5.74, 6) is -1.63. The van der Waals surface area contributed by atoms with Gasteiger partial charge in [0.15, 0.2) is 0 Å². The van der Waals surface area contributed by atoms with Crippen LogP contribution >= 0.6 is 45.2 Å². The summed E-state index contributed by atoms with van der Waals surface area (Å²) in [5.41, 5.74) is 0.0303. The first-order valence-corrected chi connectivity index (χ1v) is 8.58. The van der Waals surface area contributed by atoms with Crippen LogP contribution in [-0.2, 0) is 14.3 Å². The van der Waals surface area contributed by atoms with Crippen molar-refractivity contribution < 1.29 is 29.3 Å². The number of aliphatic hydroxyl groups excluding tert-OH is 1. The molecule has 0 aliphatic rings. The molecule has 2 N–H and O–H groups in total. The zero-order chi connectivity index (χ0) is 16.9. The molecular formula is C14H16I2O6. The lowest BCUT2D eigenvalue weighted by Gasteiger charge is -2.13. The van der Waals surface area contributed by atoms with Crippen LogP contribution in [0, 0.1) is 13.1 Å². The number of halogens is 2. The Hall–Kier alpha value is -0.620. The van der Waals surface area contributed by atoms with Gasteiger partial charge in [-0.05, 0) is 57.3 Å². The van der Waals surface area contributed by atoms with Gasteiger partial charge in [-0.2, -0.15) is 0 Å². The fourth-order valence-electron chi connectivity index (χ4n) is 1.36. The van der Waals surface area contributed by atoms with Crippen molar-refractivity contribution in [3.05, 3.63) is 24.8 Å². The minimum Gasteiger partial charge on any atom is -0.506 e. The van der Waals surface area contributed by atoms with Crippen molar-refractivity contribution in [2.24, 2.45) is 5.92 Å². The van der Waals surface area contributed by atoms with Crippen LogP contribution in [0.4, 0.5) is 0 Å². The van der Waals surface area contributed by atoms with E-state index in [0.717, 1.165) is 3.57 Å². The standard InChI is InChI=1S/C14H16I2O6/c1-7(2)13(19)21-5-9(17)6-22-14(20)10-3-8(15)4-11(16)12(10)18/h3-4,7,9,17-18H,5-6H2,1-2H3. The fraction of sp³-hybridized carbons (Fsp3) is 0.429. The van der Waals surface area contributed by atoms with Crippen molar-refractivity contribution in [1.29, 1.82) is 0 Å². The first-order valence-electron chi connectivity index (χ1n) is 6.42. The van der Waals surface area contributed by atoms with Gasteiger partial charge >= 0.3 is 11.9 Å². The highest BCUT2D eigenvalue weighted by molar-refractivity contribution is 14.1. The predicted octanol–water partition coefficient (Wildman–Crippen LogP) is 2.32. The number of carbonyl (C=O) groups excluding carboxylic acids is 2. The van der Waals surface area contributed by atoms with E-state index < -0.39 is 18.0 Å². The number of benzene rings is 1. The molecule has 0 heterocycles. The van der Waals surface area contributed by atoms with Crippen LogP contribution in [0.25, 0.3) is 0 Å². The molecule has 0 aromatic heterocycles. The Morgan fingerprint density at radius 1 is 1.18 bits per heavy atom. The van der Waals surface area contributed by atoms with Gasteiger partial charge in [0.25, 0.3) is 0 Å². The topological polar surface area (TPSA) is 93.1 Å². The largest absolute Gasteiger partial charge is 0.506 e. The quantitative estimate of drug-likeness (QED) is 0.431. The van der Waals surface area contributed by atoms with Crippen LogP contribution in [0.1, 0.15) is 24.2 Å². The molecule has 1 atom stereocenters. The summed E-state index contributed by atoms with van der Waals surface area (Å²) in [7, 11) is 0. The molecule has 0 spiro atoms. The molecule has 0 radical (unpaired) electrons.